The van der Waals surface area contributed by atoms with Crippen molar-refractivity contribution in [2.75, 3.05) is 13.2 Å². The molecule has 0 aromatic heterocycles. The van der Waals surface area contributed by atoms with E-state index >= 15 is 0 Å². The summed E-state index contributed by atoms with van der Waals surface area (Å²) < 4.78 is 19.4. The lowest BCUT2D eigenvalue weighted by molar-refractivity contribution is -0.131. The Labute approximate surface area is 246 Å². The molecule has 212 valence electrons. The van der Waals surface area contributed by atoms with Crippen LogP contribution in [0.15, 0.2) is 121 Å². The van der Waals surface area contributed by atoms with Gasteiger partial charge in [0.15, 0.2) is 5.60 Å². The zero-order valence-corrected chi connectivity index (χ0v) is 25.2. The molecule has 0 aliphatic heterocycles. The van der Waals surface area contributed by atoms with Gasteiger partial charge in [0.1, 0.15) is 6.10 Å². The van der Waals surface area contributed by atoms with E-state index < -0.39 is 20.0 Å². The van der Waals surface area contributed by atoms with Crippen LogP contribution >= 0.6 is 0 Å². The SMILES string of the molecule is C#C[C@@](O)(CO[Si](c1ccccc1)(c1ccccc1)C(C)(C)C)[C@H](COCc1ccccc1)OCc1ccccc1. The monoisotopic (exact) mass is 564 g/mol. The van der Waals surface area contributed by atoms with E-state index in [9.17, 15) is 5.11 Å². The second-order valence-electron chi connectivity index (χ2n) is 11.3. The molecule has 0 aliphatic carbocycles. The zero-order chi connectivity index (χ0) is 29.2. The molecule has 0 aliphatic rings. The molecule has 0 heterocycles. The maximum Gasteiger partial charge on any atom is 0.261 e. The van der Waals surface area contributed by atoms with Gasteiger partial charge in [-0.05, 0) is 26.5 Å². The predicted octanol–water partition coefficient (Wildman–Crippen LogP) is 5.73. The van der Waals surface area contributed by atoms with Crippen molar-refractivity contribution in [1.29, 1.82) is 0 Å². The van der Waals surface area contributed by atoms with E-state index in [0.717, 1.165) is 21.5 Å². The Morgan fingerprint density at radius 1 is 0.707 bits per heavy atom. The first-order chi connectivity index (χ1) is 19.8. The van der Waals surface area contributed by atoms with Gasteiger partial charge in [-0.1, -0.05) is 148 Å². The molecule has 5 heteroatoms. The minimum absolute atomic E-state index is 0.104. The molecule has 4 aromatic rings. The summed E-state index contributed by atoms with van der Waals surface area (Å²) in [5.74, 6) is 2.64. The van der Waals surface area contributed by atoms with Gasteiger partial charge in [0.05, 0.1) is 26.4 Å². The van der Waals surface area contributed by atoms with Crippen LogP contribution in [0.3, 0.4) is 0 Å². The standard InChI is InChI=1S/C36H40O4Si/c1-5-36(37,34(39-27-31-20-12-7-13-21-31)28-38-26-30-18-10-6-11-19-30)29-40-41(35(2,3)4,32-22-14-8-15-23-32)33-24-16-9-17-25-33/h1,6-25,34,37H,26-29H2,2-4H3/t34-,36+/m0/s1. The van der Waals surface area contributed by atoms with Crippen LogP contribution < -0.4 is 10.4 Å². The molecule has 0 fully saturated rings. The third-order valence-electron chi connectivity index (χ3n) is 7.38. The molecule has 0 saturated heterocycles. The molecule has 1 N–H and O–H groups in total. The molecule has 4 nitrogen and oxygen atoms in total. The van der Waals surface area contributed by atoms with Crippen molar-refractivity contribution in [3.8, 4) is 12.3 Å². The van der Waals surface area contributed by atoms with Gasteiger partial charge in [-0.15, -0.1) is 6.42 Å². The fourth-order valence-electron chi connectivity index (χ4n) is 5.16. The first-order valence-corrected chi connectivity index (χ1v) is 15.9. The Hall–Kier alpha value is -3.50. The number of ether oxygens (including phenoxy) is 2. The van der Waals surface area contributed by atoms with Gasteiger partial charge in [0.2, 0.25) is 0 Å². The quantitative estimate of drug-likeness (QED) is 0.166. The number of hydrogen-bond acceptors (Lipinski definition) is 4. The van der Waals surface area contributed by atoms with Gasteiger partial charge in [-0.25, -0.2) is 0 Å². The Balaban J connectivity index is 1.65. The highest BCUT2D eigenvalue weighted by Gasteiger charge is 2.52. The highest BCUT2D eigenvalue weighted by molar-refractivity contribution is 6.99. The van der Waals surface area contributed by atoms with Crippen molar-refractivity contribution in [3.05, 3.63) is 132 Å². The van der Waals surface area contributed by atoms with Crippen LogP contribution in [0.5, 0.6) is 0 Å². The lowest BCUT2D eigenvalue weighted by Crippen LogP contribution is -2.68. The largest absolute Gasteiger partial charge is 0.403 e. The molecule has 0 spiro atoms. The normalized spacial score (nSPS) is 14.1. The Morgan fingerprint density at radius 3 is 1.59 bits per heavy atom. The highest BCUT2D eigenvalue weighted by atomic mass is 28.4. The fourth-order valence-corrected chi connectivity index (χ4v) is 9.75. The molecule has 4 aromatic carbocycles. The van der Waals surface area contributed by atoms with Gasteiger partial charge in [0.25, 0.3) is 8.32 Å². The summed E-state index contributed by atoms with van der Waals surface area (Å²) in [6.07, 6.45) is 5.25. The molecule has 0 radical (unpaired) electrons. The first kappa shape index (κ1) is 30.5. The summed E-state index contributed by atoms with van der Waals surface area (Å²) in [6, 6.07) is 40.4. The number of hydrogen-bond donors (Lipinski definition) is 1. The van der Waals surface area contributed by atoms with Crippen molar-refractivity contribution in [2.45, 2.75) is 50.7 Å². The summed E-state index contributed by atoms with van der Waals surface area (Å²) in [5.41, 5.74) is 0.272. The predicted molar refractivity (Wildman–Crippen MR) is 168 cm³/mol. The lowest BCUT2D eigenvalue weighted by atomic mass is 9.99. The second kappa shape index (κ2) is 13.9. The van der Waals surface area contributed by atoms with E-state index in [1.54, 1.807) is 0 Å². The third kappa shape index (κ3) is 7.42. The summed E-state index contributed by atoms with van der Waals surface area (Å²) >= 11 is 0. The maximum absolute atomic E-state index is 12.0. The summed E-state index contributed by atoms with van der Waals surface area (Å²) in [4.78, 5) is 0. The molecule has 41 heavy (non-hydrogen) atoms. The van der Waals surface area contributed by atoms with Gasteiger partial charge in [-0.3, -0.25) is 0 Å². The number of benzene rings is 4. The van der Waals surface area contributed by atoms with E-state index in [-0.39, 0.29) is 24.9 Å². The second-order valence-corrected chi connectivity index (χ2v) is 15.6. The van der Waals surface area contributed by atoms with Crippen molar-refractivity contribution >= 4 is 18.7 Å². The molecule has 0 unspecified atom stereocenters. The van der Waals surface area contributed by atoms with Crippen LogP contribution in [-0.4, -0.2) is 38.3 Å². The van der Waals surface area contributed by atoms with E-state index in [4.69, 9.17) is 20.3 Å². The van der Waals surface area contributed by atoms with Crippen LogP contribution in [0.2, 0.25) is 5.04 Å². The molecule has 2 atom stereocenters. The van der Waals surface area contributed by atoms with E-state index in [1.807, 2.05) is 97.1 Å². The summed E-state index contributed by atoms with van der Waals surface area (Å²) in [7, 11) is -2.94. The molecule has 0 saturated carbocycles. The smallest absolute Gasteiger partial charge is 0.261 e. The van der Waals surface area contributed by atoms with E-state index in [1.165, 1.54) is 0 Å². The van der Waals surface area contributed by atoms with Gasteiger partial charge in [-0.2, -0.15) is 0 Å². The summed E-state index contributed by atoms with van der Waals surface area (Å²) in [5, 5.41) is 14.0. The number of terminal acetylenes is 1. The maximum atomic E-state index is 12.0. The molecule has 0 amide bonds. The average molecular weight is 565 g/mol. The average Bonchev–Trinajstić information content (AvgIpc) is 3.00. The fraction of sp³-hybridized carbons (Fsp3) is 0.278. The van der Waals surface area contributed by atoms with E-state index in [2.05, 4.69) is 51.0 Å². The Morgan fingerprint density at radius 2 is 1.15 bits per heavy atom. The number of rotatable bonds is 13. The first-order valence-electron chi connectivity index (χ1n) is 14.0. The van der Waals surface area contributed by atoms with Crippen molar-refractivity contribution in [1.82, 2.24) is 0 Å². The number of aliphatic hydroxyl groups is 1. The molecular formula is C36H40O4Si. The Bertz CT molecular complexity index is 1330. The topological polar surface area (TPSA) is 47.9 Å². The van der Waals surface area contributed by atoms with Gasteiger partial charge in [0, 0.05) is 0 Å². The molecule has 4 rings (SSSR count). The zero-order valence-electron chi connectivity index (χ0n) is 24.2. The van der Waals surface area contributed by atoms with Crippen LogP contribution in [-0.2, 0) is 27.1 Å². The van der Waals surface area contributed by atoms with Crippen LogP contribution in [0.25, 0.3) is 0 Å². The van der Waals surface area contributed by atoms with Crippen molar-refractivity contribution in [3.63, 3.8) is 0 Å². The minimum atomic E-state index is -2.94. The van der Waals surface area contributed by atoms with Crippen LogP contribution in [0.4, 0.5) is 0 Å². The molecule has 0 bridgehead atoms. The minimum Gasteiger partial charge on any atom is -0.403 e. The van der Waals surface area contributed by atoms with Crippen LogP contribution in [0, 0.1) is 12.3 Å². The summed E-state index contributed by atoms with van der Waals surface area (Å²) in [6.45, 7) is 7.24. The third-order valence-corrected chi connectivity index (χ3v) is 12.4. The lowest BCUT2D eigenvalue weighted by Gasteiger charge is -2.45. The van der Waals surface area contributed by atoms with Crippen molar-refractivity contribution in [2.24, 2.45) is 0 Å². The van der Waals surface area contributed by atoms with Gasteiger partial charge < -0.3 is 19.0 Å². The Kier molecular flexibility index (Phi) is 10.3. The highest BCUT2D eigenvalue weighted by Crippen LogP contribution is 2.37. The van der Waals surface area contributed by atoms with Gasteiger partial charge >= 0.3 is 0 Å². The van der Waals surface area contributed by atoms with Crippen LogP contribution in [0.1, 0.15) is 31.9 Å². The van der Waals surface area contributed by atoms with Crippen molar-refractivity contribution < 1.29 is 19.0 Å². The molecular weight excluding hydrogens is 524 g/mol. The van der Waals surface area contributed by atoms with E-state index in [0.29, 0.717) is 6.61 Å².